The van der Waals surface area contributed by atoms with Crippen LogP contribution in [0.3, 0.4) is 0 Å². The van der Waals surface area contributed by atoms with E-state index in [0.29, 0.717) is 0 Å². The highest BCUT2D eigenvalue weighted by Crippen LogP contribution is 2.68. The van der Waals surface area contributed by atoms with Crippen LogP contribution in [0.4, 0.5) is 0 Å². The van der Waals surface area contributed by atoms with Crippen LogP contribution in [0.5, 0.6) is 0 Å². The van der Waals surface area contributed by atoms with Crippen molar-refractivity contribution < 1.29 is 18.9 Å². The van der Waals surface area contributed by atoms with E-state index in [9.17, 15) is 0 Å². The van der Waals surface area contributed by atoms with Gasteiger partial charge in [-0.2, -0.15) is 0 Å². The van der Waals surface area contributed by atoms with Gasteiger partial charge in [0, 0.05) is 41.0 Å². The van der Waals surface area contributed by atoms with Gasteiger partial charge in [-0.1, -0.05) is 60.7 Å². The molecule has 0 N–H and O–H groups in total. The molecule has 4 nitrogen and oxygen atoms in total. The topological polar surface area (TPSA) is 36.9 Å². The van der Waals surface area contributed by atoms with Crippen molar-refractivity contribution in [1.82, 2.24) is 0 Å². The summed E-state index contributed by atoms with van der Waals surface area (Å²) in [7, 11) is -2.72. The molecular formula is C32H54O4P2+2. The Morgan fingerprint density at radius 2 is 0.711 bits per heavy atom. The predicted octanol–water partition coefficient (Wildman–Crippen LogP) is 7.57. The average molecular weight is 565 g/mol. The van der Waals surface area contributed by atoms with Gasteiger partial charge in [0.1, 0.15) is 0 Å². The lowest BCUT2D eigenvalue weighted by molar-refractivity contribution is 0.159. The van der Waals surface area contributed by atoms with Crippen LogP contribution in [0.2, 0.25) is 0 Å². The van der Waals surface area contributed by atoms with Crippen molar-refractivity contribution in [3.8, 4) is 0 Å². The lowest BCUT2D eigenvalue weighted by Gasteiger charge is -2.33. The Labute approximate surface area is 234 Å². The van der Waals surface area contributed by atoms with Crippen LogP contribution >= 0.6 is 14.5 Å². The Bertz CT molecular complexity index is 729. The van der Waals surface area contributed by atoms with Crippen molar-refractivity contribution in [3.63, 3.8) is 0 Å². The summed E-state index contributed by atoms with van der Waals surface area (Å²) in [6.45, 7) is 15.0. The zero-order valence-corrected chi connectivity index (χ0v) is 26.4. The number of rotatable bonds is 23. The van der Waals surface area contributed by atoms with Gasteiger partial charge < -0.3 is 18.9 Å². The van der Waals surface area contributed by atoms with Crippen molar-refractivity contribution in [2.24, 2.45) is 0 Å². The summed E-state index contributed by atoms with van der Waals surface area (Å²) < 4.78 is 23.9. The second-order valence-electron chi connectivity index (χ2n) is 10.1. The van der Waals surface area contributed by atoms with Crippen LogP contribution in [0.1, 0.15) is 38.8 Å². The highest BCUT2D eigenvalue weighted by Gasteiger charge is 2.44. The predicted molar refractivity (Wildman–Crippen MR) is 169 cm³/mol. The van der Waals surface area contributed by atoms with Crippen molar-refractivity contribution >= 4 is 14.5 Å². The largest absolute Gasteiger partial charge is 0.378 e. The van der Waals surface area contributed by atoms with E-state index in [0.717, 1.165) is 52.9 Å². The molecule has 0 aliphatic rings. The van der Waals surface area contributed by atoms with E-state index in [2.05, 4.69) is 88.4 Å². The Morgan fingerprint density at radius 1 is 0.421 bits per heavy atom. The van der Waals surface area contributed by atoms with Crippen molar-refractivity contribution in [1.29, 1.82) is 0 Å². The fraction of sp³-hybridized carbons (Fsp3) is 0.625. The second kappa shape index (κ2) is 20.1. The second-order valence-corrected chi connectivity index (χ2v) is 18.8. The maximum atomic E-state index is 5.98. The van der Waals surface area contributed by atoms with E-state index in [1.54, 1.807) is 0 Å². The van der Waals surface area contributed by atoms with Crippen LogP contribution in [-0.4, -0.2) is 89.8 Å². The smallest absolute Gasteiger partial charge is 0.0934 e. The fourth-order valence-corrected chi connectivity index (χ4v) is 14.8. The van der Waals surface area contributed by atoms with Gasteiger partial charge in [-0.25, -0.2) is 0 Å². The minimum atomic E-state index is -1.36. The molecular weight excluding hydrogens is 510 g/mol. The molecule has 0 saturated carbocycles. The van der Waals surface area contributed by atoms with Gasteiger partial charge in [0.25, 0.3) is 0 Å². The van der Waals surface area contributed by atoms with Gasteiger partial charge in [-0.15, -0.1) is 0 Å². The van der Waals surface area contributed by atoms with E-state index in [-0.39, 0.29) is 0 Å². The summed E-state index contributed by atoms with van der Waals surface area (Å²) in [5.74, 6) is 0. The molecule has 0 aliphatic carbocycles. The number of benzene rings is 2. The molecule has 0 fully saturated rings. The third-order valence-corrected chi connectivity index (χ3v) is 16.7. The maximum absolute atomic E-state index is 5.98. The highest BCUT2D eigenvalue weighted by atomic mass is 31.2. The first kappa shape index (κ1) is 33.3. The lowest BCUT2D eigenvalue weighted by Crippen LogP contribution is -2.24. The maximum Gasteiger partial charge on any atom is 0.0934 e. The van der Waals surface area contributed by atoms with Crippen LogP contribution in [0.15, 0.2) is 60.7 Å². The molecule has 0 amide bonds. The molecule has 2 aromatic rings. The monoisotopic (exact) mass is 564 g/mol. The third-order valence-electron chi connectivity index (χ3n) is 7.43. The van der Waals surface area contributed by atoms with Crippen molar-refractivity contribution in [3.05, 3.63) is 71.8 Å². The quantitative estimate of drug-likeness (QED) is 0.103. The lowest BCUT2D eigenvalue weighted by atomic mass is 10.2. The molecule has 0 bridgehead atoms. The van der Waals surface area contributed by atoms with E-state index >= 15 is 0 Å². The zero-order chi connectivity index (χ0) is 27.4. The Morgan fingerprint density at radius 3 is 0.974 bits per heavy atom. The molecule has 0 unspecified atom stereocenters. The normalized spacial score (nSPS) is 12.2. The molecule has 2 rings (SSSR count). The van der Waals surface area contributed by atoms with Crippen LogP contribution in [0.25, 0.3) is 0 Å². The van der Waals surface area contributed by atoms with Crippen molar-refractivity contribution in [2.45, 2.75) is 40.0 Å². The Balaban J connectivity index is 2.38. The van der Waals surface area contributed by atoms with E-state index < -0.39 is 14.5 Å². The first-order valence-electron chi connectivity index (χ1n) is 14.7. The van der Waals surface area contributed by atoms with Gasteiger partial charge in [0.05, 0.1) is 75.7 Å². The van der Waals surface area contributed by atoms with Crippen LogP contribution in [-0.2, 0) is 31.3 Å². The Hall–Kier alpha value is -0.860. The van der Waals surface area contributed by atoms with Gasteiger partial charge in [-0.3, -0.25) is 0 Å². The summed E-state index contributed by atoms with van der Waals surface area (Å²) in [5.41, 5.74) is 2.92. The van der Waals surface area contributed by atoms with E-state index in [1.807, 2.05) is 0 Å². The van der Waals surface area contributed by atoms with Crippen LogP contribution in [0, 0.1) is 0 Å². The average Bonchev–Trinajstić information content (AvgIpc) is 2.94. The van der Waals surface area contributed by atoms with Crippen LogP contribution < -0.4 is 0 Å². The molecule has 2 aromatic carbocycles. The molecule has 0 aromatic heterocycles. The molecule has 0 atom stereocenters. The summed E-state index contributed by atoms with van der Waals surface area (Å²) in [5, 5.41) is 0. The summed E-state index contributed by atoms with van der Waals surface area (Å²) in [4.78, 5) is 0. The van der Waals surface area contributed by atoms with E-state index in [4.69, 9.17) is 18.9 Å². The molecule has 214 valence electrons. The first-order chi connectivity index (χ1) is 18.6. The summed E-state index contributed by atoms with van der Waals surface area (Å²) >= 11 is 0. The zero-order valence-electron chi connectivity index (χ0n) is 24.6. The molecule has 0 aliphatic heterocycles. The molecule has 38 heavy (non-hydrogen) atoms. The Kier molecular flexibility index (Phi) is 17.6. The van der Waals surface area contributed by atoms with Gasteiger partial charge in [0.15, 0.2) is 0 Å². The van der Waals surface area contributed by atoms with Gasteiger partial charge in [0.2, 0.25) is 0 Å². The van der Waals surface area contributed by atoms with Crippen molar-refractivity contribution in [2.75, 3.05) is 89.8 Å². The molecule has 6 heteroatoms. The molecule has 0 saturated heterocycles. The number of ether oxygens (including phenoxy) is 4. The minimum Gasteiger partial charge on any atom is -0.378 e. The summed E-state index contributed by atoms with van der Waals surface area (Å²) in [6.07, 6.45) is 9.63. The minimum absolute atomic E-state index is 0.782. The highest BCUT2D eigenvalue weighted by molar-refractivity contribution is 7.79. The SMILES string of the molecule is CCOCC[P+](CCOCC)(CC[P+](CCOCC)(CCOCC)Cc1ccccc1)Cc1ccccc1. The number of hydrogen-bond donors (Lipinski definition) is 0. The first-order valence-corrected chi connectivity index (χ1v) is 19.8. The summed E-state index contributed by atoms with van der Waals surface area (Å²) in [6, 6.07) is 22.2. The third kappa shape index (κ3) is 13.0. The van der Waals surface area contributed by atoms with Gasteiger partial charge in [-0.05, 0) is 38.8 Å². The number of hydrogen-bond acceptors (Lipinski definition) is 4. The molecule has 0 spiro atoms. The standard InChI is InChI=1S/C32H54O4P2/c1-5-33-19-23-37(24-20-34-6-2,29-31-15-11-9-12-16-31)27-28-38(25-21-35-7-3,26-22-36-8-4)30-32-17-13-10-14-18-32/h9-18H,5-8,19-30H2,1-4H3/q+2. The molecule has 0 radical (unpaired) electrons. The molecule has 0 heterocycles. The van der Waals surface area contributed by atoms with Gasteiger partial charge >= 0.3 is 0 Å². The fourth-order valence-electron chi connectivity index (χ4n) is 5.12. The van der Waals surface area contributed by atoms with E-state index in [1.165, 1.54) is 60.4 Å².